The average molecular weight is 262 g/mol. The highest BCUT2D eigenvalue weighted by molar-refractivity contribution is 7.89. The first-order chi connectivity index (χ1) is 7.73. The maximum atomic E-state index is 11.9. The lowest BCUT2D eigenvalue weighted by Crippen LogP contribution is -2.44. The molecular weight excluding hydrogens is 236 g/mol. The smallest absolute Gasteiger partial charge is 0.213 e. The first-order valence-corrected chi connectivity index (χ1v) is 8.11. The summed E-state index contributed by atoms with van der Waals surface area (Å²) in [5.41, 5.74) is 0.0958. The zero-order valence-corrected chi connectivity index (χ0v) is 12.2. The molecule has 4 nitrogen and oxygen atoms in total. The molecule has 1 aliphatic rings. The molecule has 0 aromatic heterocycles. The molecular formula is C12H26N2O2S. The van der Waals surface area contributed by atoms with Gasteiger partial charge in [0.25, 0.3) is 0 Å². The van der Waals surface area contributed by atoms with Crippen molar-refractivity contribution in [2.24, 2.45) is 5.41 Å². The minimum absolute atomic E-state index is 0.0958. The van der Waals surface area contributed by atoms with E-state index >= 15 is 0 Å². The van der Waals surface area contributed by atoms with E-state index in [9.17, 15) is 8.42 Å². The van der Waals surface area contributed by atoms with Crippen LogP contribution >= 0.6 is 0 Å². The molecule has 0 saturated heterocycles. The van der Waals surface area contributed by atoms with Crippen molar-refractivity contribution in [3.63, 3.8) is 0 Å². The van der Waals surface area contributed by atoms with Gasteiger partial charge in [-0.3, -0.25) is 0 Å². The quantitative estimate of drug-likeness (QED) is 0.762. The van der Waals surface area contributed by atoms with Gasteiger partial charge < -0.3 is 5.32 Å². The van der Waals surface area contributed by atoms with Crippen LogP contribution in [0.15, 0.2) is 0 Å². The minimum Gasteiger partial charge on any atom is -0.313 e. The Morgan fingerprint density at radius 3 is 2.47 bits per heavy atom. The van der Waals surface area contributed by atoms with E-state index in [1.54, 1.807) is 0 Å². The molecule has 0 heterocycles. The highest BCUT2D eigenvalue weighted by Crippen LogP contribution is 2.37. The Morgan fingerprint density at radius 2 is 2.00 bits per heavy atom. The second-order valence-electron chi connectivity index (χ2n) is 5.98. The van der Waals surface area contributed by atoms with E-state index in [1.807, 2.05) is 13.8 Å². The number of hydrogen-bond donors (Lipinski definition) is 2. The van der Waals surface area contributed by atoms with Crippen LogP contribution < -0.4 is 10.0 Å². The molecule has 1 saturated carbocycles. The van der Waals surface area contributed by atoms with Crippen molar-refractivity contribution >= 4 is 10.0 Å². The van der Waals surface area contributed by atoms with Gasteiger partial charge in [-0.05, 0) is 18.3 Å². The van der Waals surface area contributed by atoms with Crippen LogP contribution in [0.5, 0.6) is 0 Å². The van der Waals surface area contributed by atoms with E-state index in [0.717, 1.165) is 19.3 Å². The molecule has 0 bridgehead atoms. The maximum absolute atomic E-state index is 11.9. The second-order valence-corrected chi connectivity index (χ2v) is 7.85. The molecule has 1 unspecified atom stereocenters. The van der Waals surface area contributed by atoms with Crippen molar-refractivity contribution in [3.05, 3.63) is 0 Å². The predicted octanol–water partition coefficient (Wildman–Crippen LogP) is 1.48. The molecule has 102 valence electrons. The van der Waals surface area contributed by atoms with Crippen LogP contribution in [0.2, 0.25) is 0 Å². The van der Waals surface area contributed by atoms with Gasteiger partial charge in [-0.2, -0.15) is 0 Å². The molecule has 1 atom stereocenters. The van der Waals surface area contributed by atoms with Crippen molar-refractivity contribution in [1.29, 1.82) is 0 Å². The molecule has 0 amide bonds. The number of nitrogens with one attached hydrogen (secondary N) is 2. The highest BCUT2D eigenvalue weighted by atomic mass is 32.2. The van der Waals surface area contributed by atoms with Crippen LogP contribution in [-0.4, -0.2) is 32.8 Å². The average Bonchev–Trinajstić information content (AvgIpc) is 2.44. The van der Waals surface area contributed by atoms with Gasteiger partial charge in [-0.1, -0.05) is 34.1 Å². The SMILES string of the molecule is CC(C)NCCS(=O)(=O)NC1CCCC1(C)C. The molecule has 17 heavy (non-hydrogen) atoms. The van der Waals surface area contributed by atoms with Gasteiger partial charge in [0.1, 0.15) is 0 Å². The summed E-state index contributed by atoms with van der Waals surface area (Å²) in [6.07, 6.45) is 3.18. The van der Waals surface area contributed by atoms with Gasteiger partial charge in [-0.15, -0.1) is 0 Å². The van der Waals surface area contributed by atoms with Crippen molar-refractivity contribution in [1.82, 2.24) is 10.0 Å². The first kappa shape index (κ1) is 14.9. The van der Waals surface area contributed by atoms with E-state index in [4.69, 9.17) is 0 Å². The summed E-state index contributed by atoms with van der Waals surface area (Å²) in [4.78, 5) is 0. The fourth-order valence-electron chi connectivity index (χ4n) is 2.30. The standard InChI is InChI=1S/C12H26N2O2S/c1-10(2)13-8-9-17(15,16)14-11-6-5-7-12(11,3)4/h10-11,13-14H,5-9H2,1-4H3. The van der Waals surface area contributed by atoms with E-state index in [1.165, 1.54) is 0 Å². The summed E-state index contributed by atoms with van der Waals surface area (Å²) in [6, 6.07) is 0.430. The Hall–Kier alpha value is -0.130. The molecule has 0 spiro atoms. The van der Waals surface area contributed by atoms with Crippen LogP contribution in [-0.2, 0) is 10.0 Å². The molecule has 0 aliphatic heterocycles. The molecule has 0 radical (unpaired) electrons. The fourth-order valence-corrected chi connectivity index (χ4v) is 3.68. The van der Waals surface area contributed by atoms with E-state index in [-0.39, 0.29) is 17.2 Å². The monoisotopic (exact) mass is 262 g/mol. The van der Waals surface area contributed by atoms with Gasteiger partial charge >= 0.3 is 0 Å². The lowest BCUT2D eigenvalue weighted by Gasteiger charge is -2.27. The second kappa shape index (κ2) is 5.67. The van der Waals surface area contributed by atoms with Gasteiger partial charge in [0.15, 0.2) is 0 Å². The van der Waals surface area contributed by atoms with Crippen molar-refractivity contribution in [2.75, 3.05) is 12.3 Å². The normalized spacial score (nSPS) is 24.4. The van der Waals surface area contributed by atoms with Crippen LogP contribution in [0.3, 0.4) is 0 Å². The molecule has 1 rings (SSSR count). The summed E-state index contributed by atoms with van der Waals surface area (Å²) < 4.78 is 26.7. The van der Waals surface area contributed by atoms with Gasteiger partial charge in [-0.25, -0.2) is 13.1 Å². The third kappa shape index (κ3) is 4.94. The summed E-state index contributed by atoms with van der Waals surface area (Å²) in [5.74, 6) is 0.164. The molecule has 0 aromatic carbocycles. The largest absolute Gasteiger partial charge is 0.313 e. The Morgan fingerprint density at radius 1 is 1.35 bits per heavy atom. The summed E-state index contributed by atoms with van der Waals surface area (Å²) >= 11 is 0. The Balaban J connectivity index is 2.44. The number of sulfonamides is 1. The Labute approximate surface area is 106 Å². The maximum Gasteiger partial charge on any atom is 0.213 e. The van der Waals surface area contributed by atoms with Crippen LogP contribution in [0.1, 0.15) is 47.0 Å². The van der Waals surface area contributed by atoms with E-state index in [0.29, 0.717) is 12.6 Å². The highest BCUT2D eigenvalue weighted by Gasteiger charge is 2.36. The summed E-state index contributed by atoms with van der Waals surface area (Å²) in [6.45, 7) is 8.82. The zero-order chi connectivity index (χ0) is 13.1. The van der Waals surface area contributed by atoms with Gasteiger partial charge in [0.2, 0.25) is 10.0 Å². The molecule has 2 N–H and O–H groups in total. The number of rotatable bonds is 6. The van der Waals surface area contributed by atoms with Gasteiger partial charge in [0, 0.05) is 18.6 Å². The lowest BCUT2D eigenvalue weighted by atomic mass is 9.88. The fraction of sp³-hybridized carbons (Fsp3) is 1.00. The molecule has 0 aromatic rings. The minimum atomic E-state index is -3.14. The molecule has 5 heteroatoms. The first-order valence-electron chi connectivity index (χ1n) is 6.46. The topological polar surface area (TPSA) is 58.2 Å². The Kier molecular flexibility index (Phi) is 4.98. The third-order valence-electron chi connectivity index (χ3n) is 3.50. The molecule has 1 fully saturated rings. The van der Waals surface area contributed by atoms with Crippen molar-refractivity contribution in [3.8, 4) is 0 Å². The zero-order valence-electron chi connectivity index (χ0n) is 11.4. The van der Waals surface area contributed by atoms with E-state index in [2.05, 4.69) is 23.9 Å². The predicted molar refractivity (Wildman–Crippen MR) is 71.5 cm³/mol. The van der Waals surface area contributed by atoms with Crippen LogP contribution in [0, 0.1) is 5.41 Å². The van der Waals surface area contributed by atoms with Crippen LogP contribution in [0.25, 0.3) is 0 Å². The lowest BCUT2D eigenvalue weighted by molar-refractivity contribution is 0.313. The van der Waals surface area contributed by atoms with Crippen molar-refractivity contribution in [2.45, 2.75) is 59.0 Å². The summed E-state index contributed by atoms with van der Waals surface area (Å²) in [7, 11) is -3.14. The van der Waals surface area contributed by atoms with Gasteiger partial charge in [0.05, 0.1) is 5.75 Å². The van der Waals surface area contributed by atoms with Crippen LogP contribution in [0.4, 0.5) is 0 Å². The van der Waals surface area contributed by atoms with Crippen molar-refractivity contribution < 1.29 is 8.42 Å². The third-order valence-corrected chi connectivity index (χ3v) is 4.89. The summed E-state index contributed by atoms with van der Waals surface area (Å²) in [5, 5.41) is 3.13. The molecule has 1 aliphatic carbocycles. The Bertz CT molecular complexity index is 336. The number of hydrogen-bond acceptors (Lipinski definition) is 3. The van der Waals surface area contributed by atoms with E-state index < -0.39 is 10.0 Å².